The molecule has 0 radical (unpaired) electrons. The van der Waals surface area contributed by atoms with Crippen LogP contribution < -0.4 is 5.32 Å². The molecule has 0 aromatic heterocycles. The van der Waals surface area contributed by atoms with Crippen molar-refractivity contribution >= 4 is 5.91 Å². The van der Waals surface area contributed by atoms with Crippen molar-refractivity contribution in [2.24, 2.45) is 0 Å². The Morgan fingerprint density at radius 1 is 1.38 bits per heavy atom. The van der Waals surface area contributed by atoms with Crippen LogP contribution in [-0.2, 0) is 9.53 Å². The lowest BCUT2D eigenvalue weighted by Gasteiger charge is -2.33. The summed E-state index contributed by atoms with van der Waals surface area (Å²) in [6.07, 6.45) is 1.44. The van der Waals surface area contributed by atoms with Gasteiger partial charge in [-0.3, -0.25) is 4.79 Å². The van der Waals surface area contributed by atoms with E-state index in [2.05, 4.69) is 24.4 Å². The summed E-state index contributed by atoms with van der Waals surface area (Å²) in [6, 6.07) is 10.6. The number of hydrogen-bond acceptors (Lipinski definition) is 3. The van der Waals surface area contributed by atoms with Crippen LogP contribution in [0.2, 0.25) is 0 Å². The summed E-state index contributed by atoms with van der Waals surface area (Å²) in [7, 11) is 0. The molecule has 0 aliphatic carbocycles. The molecule has 2 rings (SSSR count). The molecule has 0 bridgehead atoms. The first-order chi connectivity index (χ1) is 10.3. The molecule has 1 aliphatic heterocycles. The molecule has 2 atom stereocenters. The van der Waals surface area contributed by atoms with E-state index in [4.69, 9.17) is 4.74 Å². The fraction of sp³-hybridized carbons (Fsp3) is 0.588. The van der Waals surface area contributed by atoms with Gasteiger partial charge in [-0.25, -0.2) is 0 Å². The predicted octanol–water partition coefficient (Wildman–Crippen LogP) is 2.36. The second-order valence-corrected chi connectivity index (χ2v) is 5.44. The number of hydrogen-bond donors (Lipinski definition) is 1. The summed E-state index contributed by atoms with van der Waals surface area (Å²) < 4.78 is 5.43. The SMILES string of the molecule is CCC(c1ccccc1)N(CC)C(=O)CC1COCCN1. The number of nitrogens with one attached hydrogen (secondary N) is 1. The fourth-order valence-corrected chi connectivity index (χ4v) is 2.96. The molecule has 4 nitrogen and oxygen atoms in total. The number of rotatable bonds is 6. The van der Waals surface area contributed by atoms with Crippen molar-refractivity contribution in [3.63, 3.8) is 0 Å². The van der Waals surface area contributed by atoms with Crippen molar-refractivity contribution in [2.75, 3.05) is 26.3 Å². The van der Waals surface area contributed by atoms with Gasteiger partial charge in [-0.05, 0) is 18.9 Å². The maximum Gasteiger partial charge on any atom is 0.224 e. The smallest absolute Gasteiger partial charge is 0.224 e. The topological polar surface area (TPSA) is 41.6 Å². The monoisotopic (exact) mass is 290 g/mol. The highest BCUT2D eigenvalue weighted by molar-refractivity contribution is 5.77. The van der Waals surface area contributed by atoms with Crippen LogP contribution in [0.25, 0.3) is 0 Å². The van der Waals surface area contributed by atoms with Gasteiger partial charge in [-0.2, -0.15) is 0 Å². The first-order valence-corrected chi connectivity index (χ1v) is 7.91. The third kappa shape index (κ3) is 4.29. The Labute approximate surface area is 127 Å². The first kappa shape index (κ1) is 16.0. The molecule has 0 spiro atoms. The van der Waals surface area contributed by atoms with Crippen molar-refractivity contribution in [1.29, 1.82) is 0 Å². The van der Waals surface area contributed by atoms with Gasteiger partial charge in [0.25, 0.3) is 0 Å². The molecule has 1 N–H and O–H groups in total. The number of carbonyl (C=O) groups is 1. The zero-order valence-electron chi connectivity index (χ0n) is 13.0. The lowest BCUT2D eigenvalue weighted by atomic mass is 10.0. The van der Waals surface area contributed by atoms with Crippen LogP contribution >= 0.6 is 0 Å². The van der Waals surface area contributed by atoms with Crippen molar-refractivity contribution in [3.8, 4) is 0 Å². The molecule has 1 saturated heterocycles. The van der Waals surface area contributed by atoms with E-state index in [1.807, 2.05) is 30.0 Å². The van der Waals surface area contributed by atoms with Gasteiger partial charge in [-0.15, -0.1) is 0 Å². The normalized spacial score (nSPS) is 20.0. The third-order valence-electron chi connectivity index (χ3n) is 4.03. The minimum Gasteiger partial charge on any atom is -0.378 e. The first-order valence-electron chi connectivity index (χ1n) is 7.91. The van der Waals surface area contributed by atoms with Crippen molar-refractivity contribution in [2.45, 2.75) is 38.8 Å². The minimum atomic E-state index is 0.147. The van der Waals surface area contributed by atoms with Gasteiger partial charge >= 0.3 is 0 Å². The summed E-state index contributed by atoms with van der Waals surface area (Å²) in [5, 5.41) is 3.35. The maximum absolute atomic E-state index is 12.6. The van der Waals surface area contributed by atoms with E-state index in [0.29, 0.717) is 13.0 Å². The molecule has 116 valence electrons. The summed E-state index contributed by atoms with van der Waals surface area (Å²) in [4.78, 5) is 14.6. The molecule has 4 heteroatoms. The van der Waals surface area contributed by atoms with Gasteiger partial charge in [-0.1, -0.05) is 37.3 Å². The van der Waals surface area contributed by atoms with Crippen LogP contribution in [0, 0.1) is 0 Å². The molecule has 2 unspecified atom stereocenters. The molecule has 1 aromatic rings. The highest BCUT2D eigenvalue weighted by Gasteiger charge is 2.25. The van der Waals surface area contributed by atoms with E-state index < -0.39 is 0 Å². The van der Waals surface area contributed by atoms with Crippen LogP contribution in [0.5, 0.6) is 0 Å². The molecular formula is C17H26N2O2. The van der Waals surface area contributed by atoms with E-state index in [1.165, 1.54) is 5.56 Å². The van der Waals surface area contributed by atoms with Gasteiger partial charge in [0.2, 0.25) is 5.91 Å². The average molecular weight is 290 g/mol. The molecule has 0 saturated carbocycles. The van der Waals surface area contributed by atoms with Crippen LogP contribution in [0.4, 0.5) is 0 Å². The third-order valence-corrected chi connectivity index (χ3v) is 4.03. The van der Waals surface area contributed by atoms with Crippen LogP contribution in [0.1, 0.15) is 38.3 Å². The van der Waals surface area contributed by atoms with Crippen LogP contribution in [0.15, 0.2) is 30.3 Å². The second kappa shape index (κ2) is 8.15. The number of morpholine rings is 1. The zero-order chi connectivity index (χ0) is 15.1. The van der Waals surface area contributed by atoms with Crippen molar-refractivity contribution in [3.05, 3.63) is 35.9 Å². The largest absolute Gasteiger partial charge is 0.378 e. The Hall–Kier alpha value is -1.39. The van der Waals surface area contributed by atoms with Crippen molar-refractivity contribution in [1.82, 2.24) is 10.2 Å². The van der Waals surface area contributed by atoms with Gasteiger partial charge in [0.1, 0.15) is 0 Å². The van der Waals surface area contributed by atoms with E-state index >= 15 is 0 Å². The molecule has 1 amide bonds. The number of nitrogens with zero attached hydrogens (tertiary/aromatic N) is 1. The summed E-state index contributed by atoms with van der Waals surface area (Å²) >= 11 is 0. The Morgan fingerprint density at radius 3 is 2.71 bits per heavy atom. The zero-order valence-corrected chi connectivity index (χ0v) is 13.0. The molecule has 21 heavy (non-hydrogen) atoms. The number of carbonyl (C=O) groups excluding carboxylic acids is 1. The maximum atomic E-state index is 12.6. The lowest BCUT2D eigenvalue weighted by Crippen LogP contribution is -2.45. The quantitative estimate of drug-likeness (QED) is 0.874. The molecule has 1 aromatic carbocycles. The van der Waals surface area contributed by atoms with E-state index in [1.54, 1.807) is 0 Å². The fourth-order valence-electron chi connectivity index (χ4n) is 2.96. The van der Waals surface area contributed by atoms with Crippen LogP contribution in [-0.4, -0.2) is 43.2 Å². The molecule has 1 aliphatic rings. The van der Waals surface area contributed by atoms with Gasteiger partial charge in [0.05, 0.1) is 19.3 Å². The van der Waals surface area contributed by atoms with E-state index in [0.717, 1.165) is 26.1 Å². The van der Waals surface area contributed by atoms with Crippen LogP contribution in [0.3, 0.4) is 0 Å². The number of ether oxygens (including phenoxy) is 1. The Bertz CT molecular complexity index is 430. The average Bonchev–Trinajstić information content (AvgIpc) is 2.54. The van der Waals surface area contributed by atoms with Gasteiger partial charge in [0, 0.05) is 25.6 Å². The Morgan fingerprint density at radius 2 is 2.14 bits per heavy atom. The standard InChI is InChI=1S/C17H26N2O2/c1-3-16(14-8-6-5-7-9-14)19(4-2)17(20)12-15-13-21-11-10-18-15/h5-9,15-16,18H,3-4,10-13H2,1-2H3. The second-order valence-electron chi connectivity index (χ2n) is 5.44. The number of benzene rings is 1. The van der Waals surface area contributed by atoms with E-state index in [-0.39, 0.29) is 18.0 Å². The lowest BCUT2D eigenvalue weighted by molar-refractivity contribution is -0.134. The van der Waals surface area contributed by atoms with Gasteiger partial charge in [0.15, 0.2) is 0 Å². The highest BCUT2D eigenvalue weighted by Crippen LogP contribution is 2.24. The van der Waals surface area contributed by atoms with Crippen molar-refractivity contribution < 1.29 is 9.53 Å². The summed E-state index contributed by atoms with van der Waals surface area (Å²) in [5.74, 6) is 0.205. The summed E-state index contributed by atoms with van der Waals surface area (Å²) in [6.45, 7) is 7.12. The molecule has 1 fully saturated rings. The van der Waals surface area contributed by atoms with E-state index in [9.17, 15) is 4.79 Å². The summed E-state index contributed by atoms with van der Waals surface area (Å²) in [5.41, 5.74) is 1.21. The Balaban J connectivity index is 2.04. The molecular weight excluding hydrogens is 264 g/mol. The predicted molar refractivity (Wildman–Crippen MR) is 84.1 cm³/mol. The molecule has 1 heterocycles. The highest BCUT2D eigenvalue weighted by atomic mass is 16.5. The van der Waals surface area contributed by atoms with Gasteiger partial charge < -0.3 is 15.0 Å². The minimum absolute atomic E-state index is 0.147. The Kier molecular flexibility index (Phi) is 6.21. The number of amides is 1.